The third-order valence-corrected chi connectivity index (χ3v) is 6.70. The third kappa shape index (κ3) is 4.19. The standard InChI is InChI=1S/C24H26ClN3O2S/c1-13-12-26-22-18(11-19(29)30-24(4,5)6)27-21(16-7-9-17(25)10-8-16)20-14(2)15(3)31-23(20)28(13)22/h7-10,12,18H,11H2,1-6H3/t18-/m1/s1. The molecule has 3 aromatic rings. The Morgan fingerprint density at radius 1 is 1.19 bits per heavy atom. The van der Waals surface area contributed by atoms with E-state index in [0.29, 0.717) is 5.02 Å². The summed E-state index contributed by atoms with van der Waals surface area (Å²) in [7, 11) is 0. The Bertz CT molecular complexity index is 1180. The van der Waals surface area contributed by atoms with Crippen molar-refractivity contribution in [1.29, 1.82) is 0 Å². The van der Waals surface area contributed by atoms with Crippen LogP contribution >= 0.6 is 22.9 Å². The van der Waals surface area contributed by atoms with Crippen molar-refractivity contribution >= 4 is 34.6 Å². The van der Waals surface area contributed by atoms with Crippen molar-refractivity contribution in [3.8, 4) is 5.00 Å². The maximum absolute atomic E-state index is 12.7. The first kappa shape index (κ1) is 21.8. The minimum atomic E-state index is -0.553. The van der Waals surface area contributed by atoms with Gasteiger partial charge in [0.05, 0.1) is 12.1 Å². The Morgan fingerprint density at radius 3 is 2.52 bits per heavy atom. The number of imidazole rings is 1. The summed E-state index contributed by atoms with van der Waals surface area (Å²) in [5.74, 6) is 0.469. The first-order valence-corrected chi connectivity index (χ1v) is 11.4. The molecule has 0 saturated heterocycles. The summed E-state index contributed by atoms with van der Waals surface area (Å²) < 4.78 is 7.74. The summed E-state index contributed by atoms with van der Waals surface area (Å²) in [5, 5.41) is 1.76. The van der Waals surface area contributed by atoms with Gasteiger partial charge in [-0.05, 0) is 59.2 Å². The van der Waals surface area contributed by atoms with Gasteiger partial charge in [-0.25, -0.2) is 4.98 Å². The zero-order valence-corrected chi connectivity index (χ0v) is 20.2. The van der Waals surface area contributed by atoms with Crippen molar-refractivity contribution in [3.05, 3.63) is 68.6 Å². The van der Waals surface area contributed by atoms with E-state index in [1.807, 2.05) is 58.2 Å². The molecule has 1 aliphatic rings. The first-order valence-electron chi connectivity index (χ1n) is 10.3. The van der Waals surface area contributed by atoms with E-state index in [2.05, 4.69) is 23.4 Å². The van der Waals surface area contributed by atoms with E-state index >= 15 is 0 Å². The topological polar surface area (TPSA) is 56.5 Å². The molecule has 31 heavy (non-hydrogen) atoms. The molecule has 0 fully saturated rings. The fraction of sp³-hybridized carbons (Fsp3) is 0.375. The van der Waals surface area contributed by atoms with E-state index in [0.717, 1.165) is 33.4 Å². The van der Waals surface area contributed by atoms with E-state index in [9.17, 15) is 4.79 Å². The number of fused-ring (bicyclic) bond motifs is 3. The van der Waals surface area contributed by atoms with Crippen LogP contribution in [0.2, 0.25) is 5.02 Å². The van der Waals surface area contributed by atoms with Gasteiger partial charge in [-0.2, -0.15) is 0 Å². The summed E-state index contributed by atoms with van der Waals surface area (Å²) in [6.45, 7) is 11.9. The van der Waals surface area contributed by atoms with Crippen LogP contribution in [0.25, 0.3) is 5.00 Å². The molecule has 0 radical (unpaired) electrons. The number of aliphatic imine (C=N–C) groups is 1. The normalized spacial score (nSPS) is 15.7. The predicted molar refractivity (Wildman–Crippen MR) is 126 cm³/mol. The lowest BCUT2D eigenvalue weighted by atomic mass is 9.99. The van der Waals surface area contributed by atoms with E-state index in [4.69, 9.17) is 21.3 Å². The van der Waals surface area contributed by atoms with Gasteiger partial charge in [0, 0.05) is 32.9 Å². The van der Waals surface area contributed by atoms with Gasteiger partial charge in [-0.3, -0.25) is 14.4 Å². The molecular weight excluding hydrogens is 430 g/mol. The van der Waals surface area contributed by atoms with Gasteiger partial charge in [0.25, 0.3) is 0 Å². The number of rotatable bonds is 3. The number of hydrogen-bond donors (Lipinski definition) is 0. The number of halogens is 1. The fourth-order valence-electron chi connectivity index (χ4n) is 3.78. The highest BCUT2D eigenvalue weighted by Gasteiger charge is 2.32. The number of benzene rings is 1. The zero-order chi connectivity index (χ0) is 22.5. The molecule has 1 aromatic carbocycles. The Balaban J connectivity index is 1.91. The lowest BCUT2D eigenvalue weighted by Gasteiger charge is -2.21. The van der Waals surface area contributed by atoms with E-state index in [1.54, 1.807) is 11.3 Å². The van der Waals surface area contributed by atoms with Gasteiger partial charge < -0.3 is 4.74 Å². The zero-order valence-electron chi connectivity index (χ0n) is 18.6. The summed E-state index contributed by atoms with van der Waals surface area (Å²) >= 11 is 7.86. The summed E-state index contributed by atoms with van der Waals surface area (Å²) in [6, 6.07) is 7.23. The molecule has 1 aliphatic heterocycles. The molecule has 7 heteroatoms. The van der Waals surface area contributed by atoms with Gasteiger partial charge in [0.15, 0.2) is 0 Å². The number of esters is 1. The highest BCUT2D eigenvalue weighted by atomic mass is 35.5. The first-order chi connectivity index (χ1) is 14.5. The fourth-order valence-corrected chi connectivity index (χ4v) is 5.13. The molecule has 0 amide bonds. The Hall–Kier alpha value is -2.44. The number of carbonyl (C=O) groups excluding carboxylic acids is 1. The Labute approximate surface area is 191 Å². The monoisotopic (exact) mass is 455 g/mol. The predicted octanol–water partition coefficient (Wildman–Crippen LogP) is 6.14. The second-order valence-corrected chi connectivity index (χ2v) is 10.5. The lowest BCUT2D eigenvalue weighted by molar-refractivity contribution is -0.155. The van der Waals surface area contributed by atoms with Crippen LogP contribution < -0.4 is 0 Å². The highest BCUT2D eigenvalue weighted by Crippen LogP contribution is 2.40. The van der Waals surface area contributed by atoms with Crippen LogP contribution in [0.1, 0.15) is 66.3 Å². The molecule has 1 atom stereocenters. The second kappa shape index (κ2) is 7.92. The Morgan fingerprint density at radius 2 is 1.87 bits per heavy atom. The average Bonchev–Trinajstić information content (AvgIpc) is 3.14. The number of carbonyl (C=O) groups is 1. The maximum Gasteiger partial charge on any atom is 0.308 e. The Kier molecular flexibility index (Phi) is 5.56. The van der Waals surface area contributed by atoms with Gasteiger partial charge in [-0.1, -0.05) is 23.7 Å². The van der Waals surface area contributed by atoms with Crippen molar-refractivity contribution in [3.63, 3.8) is 0 Å². The smallest absolute Gasteiger partial charge is 0.308 e. The third-order valence-electron chi connectivity index (χ3n) is 5.25. The number of thiophene rings is 1. The number of hydrogen-bond acceptors (Lipinski definition) is 5. The average molecular weight is 456 g/mol. The van der Waals surface area contributed by atoms with Crippen LogP contribution in [0.4, 0.5) is 0 Å². The van der Waals surface area contributed by atoms with Crippen LogP contribution in [0.5, 0.6) is 0 Å². The molecule has 0 N–H and O–H groups in total. The quantitative estimate of drug-likeness (QED) is 0.446. The van der Waals surface area contributed by atoms with E-state index in [-0.39, 0.29) is 12.4 Å². The van der Waals surface area contributed by atoms with Crippen molar-refractivity contribution in [2.75, 3.05) is 0 Å². The van der Waals surface area contributed by atoms with Gasteiger partial charge >= 0.3 is 5.97 Å². The van der Waals surface area contributed by atoms with Crippen LogP contribution in [0.3, 0.4) is 0 Å². The number of aromatic nitrogens is 2. The van der Waals surface area contributed by atoms with Crippen molar-refractivity contribution in [2.45, 2.75) is 59.6 Å². The van der Waals surface area contributed by atoms with Gasteiger partial charge in [0.1, 0.15) is 22.5 Å². The lowest BCUT2D eigenvalue weighted by Crippen LogP contribution is -2.25. The molecule has 0 bridgehead atoms. The molecule has 2 aromatic heterocycles. The molecule has 162 valence electrons. The van der Waals surface area contributed by atoms with Crippen molar-refractivity contribution in [2.24, 2.45) is 4.99 Å². The van der Waals surface area contributed by atoms with Crippen LogP contribution in [0.15, 0.2) is 35.5 Å². The minimum absolute atomic E-state index is 0.123. The van der Waals surface area contributed by atoms with Crippen molar-refractivity contribution in [1.82, 2.24) is 9.55 Å². The molecule has 3 heterocycles. The van der Waals surface area contributed by atoms with Crippen molar-refractivity contribution < 1.29 is 9.53 Å². The summed E-state index contributed by atoms with van der Waals surface area (Å²) in [4.78, 5) is 23.7. The molecule has 0 aliphatic carbocycles. The molecule has 4 rings (SSSR count). The molecule has 5 nitrogen and oxygen atoms in total. The number of ether oxygens (including phenoxy) is 1. The largest absolute Gasteiger partial charge is 0.460 e. The SMILES string of the molecule is Cc1sc2c(c1C)C(c1ccc(Cl)cc1)=N[C@H](CC(=O)OC(C)(C)C)c1ncc(C)n1-2. The highest BCUT2D eigenvalue weighted by molar-refractivity contribution is 7.15. The molecule has 0 spiro atoms. The summed E-state index contributed by atoms with van der Waals surface area (Å²) in [6.07, 6.45) is 1.96. The van der Waals surface area contributed by atoms with Gasteiger partial charge in [-0.15, -0.1) is 11.3 Å². The minimum Gasteiger partial charge on any atom is -0.460 e. The molecule has 0 saturated carbocycles. The van der Waals surface area contributed by atoms with Crippen LogP contribution in [-0.2, 0) is 9.53 Å². The molecular formula is C24H26ClN3O2S. The van der Waals surface area contributed by atoms with Crippen LogP contribution in [0, 0.1) is 20.8 Å². The van der Waals surface area contributed by atoms with E-state index in [1.165, 1.54) is 10.4 Å². The molecule has 0 unspecified atom stereocenters. The number of nitrogens with zero attached hydrogens (tertiary/aromatic N) is 3. The number of aryl methyl sites for hydroxylation is 2. The second-order valence-electron chi connectivity index (χ2n) is 8.85. The van der Waals surface area contributed by atoms with Gasteiger partial charge in [0.2, 0.25) is 0 Å². The maximum atomic E-state index is 12.7. The summed E-state index contributed by atoms with van der Waals surface area (Å²) in [5.41, 5.74) is 4.54. The van der Waals surface area contributed by atoms with Crippen LogP contribution in [-0.4, -0.2) is 26.8 Å². The van der Waals surface area contributed by atoms with E-state index < -0.39 is 11.6 Å².